The van der Waals surface area contributed by atoms with Crippen molar-refractivity contribution < 1.29 is 19.0 Å². The van der Waals surface area contributed by atoms with Crippen LogP contribution in [0.3, 0.4) is 0 Å². The van der Waals surface area contributed by atoms with Gasteiger partial charge in [0, 0.05) is 30.6 Å². The highest BCUT2D eigenvalue weighted by Crippen LogP contribution is 2.44. The molecule has 172 valence electrons. The third-order valence-electron chi connectivity index (χ3n) is 5.57. The second-order valence-electron chi connectivity index (χ2n) is 7.45. The minimum Gasteiger partial charge on any atom is -0.497 e. The molecule has 2 aromatic carbocycles. The third-order valence-corrected chi connectivity index (χ3v) is 6.58. The van der Waals surface area contributed by atoms with Crippen molar-refractivity contribution in [3.63, 3.8) is 0 Å². The predicted molar refractivity (Wildman–Crippen MR) is 129 cm³/mol. The van der Waals surface area contributed by atoms with E-state index in [0.29, 0.717) is 48.5 Å². The zero-order valence-electron chi connectivity index (χ0n) is 19.3. The summed E-state index contributed by atoms with van der Waals surface area (Å²) < 4.78 is 17.0. The fraction of sp³-hybridized carbons (Fsp3) is 0.320. The van der Waals surface area contributed by atoms with Crippen molar-refractivity contribution in [1.29, 1.82) is 0 Å². The van der Waals surface area contributed by atoms with Gasteiger partial charge in [-0.2, -0.15) is 4.98 Å². The van der Waals surface area contributed by atoms with Crippen LogP contribution in [0.5, 0.6) is 23.1 Å². The molecule has 0 saturated heterocycles. The number of nitrogens with zero attached hydrogens (tertiary/aromatic N) is 3. The lowest BCUT2D eigenvalue weighted by atomic mass is 10.0. The van der Waals surface area contributed by atoms with Crippen molar-refractivity contribution in [3.8, 4) is 34.5 Å². The van der Waals surface area contributed by atoms with Crippen LogP contribution in [-0.4, -0.2) is 53.8 Å². The minimum atomic E-state index is 0.0853. The number of fused-ring (bicyclic) bond motifs is 2. The Bertz CT molecular complexity index is 1150. The molecule has 8 heteroatoms. The SMILES string of the molecule is CCN(CC)C(=O)CSc1nc(-c2ccc(OC)cc2)nc2c1Cc1cccc(OC)c1O2. The summed E-state index contributed by atoms with van der Waals surface area (Å²) in [5.41, 5.74) is 2.72. The van der Waals surface area contributed by atoms with Gasteiger partial charge >= 0.3 is 0 Å². The molecule has 0 unspecified atom stereocenters. The van der Waals surface area contributed by atoms with E-state index in [1.807, 2.05) is 61.2 Å². The average molecular weight is 466 g/mol. The molecule has 2 heterocycles. The van der Waals surface area contributed by atoms with Gasteiger partial charge in [0.1, 0.15) is 10.8 Å². The molecule has 4 rings (SSSR count). The lowest BCUT2D eigenvalue weighted by molar-refractivity contribution is -0.127. The number of rotatable bonds is 8. The number of amides is 1. The number of para-hydroxylation sites is 1. The van der Waals surface area contributed by atoms with E-state index in [1.165, 1.54) is 11.8 Å². The van der Waals surface area contributed by atoms with Crippen LogP contribution < -0.4 is 14.2 Å². The monoisotopic (exact) mass is 465 g/mol. The van der Waals surface area contributed by atoms with Gasteiger partial charge in [-0.3, -0.25) is 4.79 Å². The molecule has 0 fully saturated rings. The summed E-state index contributed by atoms with van der Waals surface area (Å²) in [4.78, 5) is 24.0. The van der Waals surface area contributed by atoms with Crippen LogP contribution in [0.15, 0.2) is 47.5 Å². The number of carbonyl (C=O) groups excluding carboxylic acids is 1. The highest BCUT2D eigenvalue weighted by molar-refractivity contribution is 7.99. The zero-order chi connectivity index (χ0) is 23.4. The van der Waals surface area contributed by atoms with Crippen LogP contribution in [0.1, 0.15) is 25.0 Å². The van der Waals surface area contributed by atoms with E-state index in [9.17, 15) is 4.79 Å². The van der Waals surface area contributed by atoms with Crippen molar-refractivity contribution in [2.45, 2.75) is 25.3 Å². The van der Waals surface area contributed by atoms with Crippen LogP contribution in [0.4, 0.5) is 0 Å². The van der Waals surface area contributed by atoms with Crippen molar-refractivity contribution in [2.75, 3.05) is 33.1 Å². The molecule has 7 nitrogen and oxygen atoms in total. The molecule has 1 aromatic heterocycles. The summed E-state index contributed by atoms with van der Waals surface area (Å²) in [7, 11) is 3.25. The molecule has 0 radical (unpaired) electrons. The fourth-order valence-electron chi connectivity index (χ4n) is 3.73. The van der Waals surface area contributed by atoms with E-state index in [0.717, 1.165) is 27.5 Å². The van der Waals surface area contributed by atoms with Gasteiger partial charge < -0.3 is 19.1 Å². The highest BCUT2D eigenvalue weighted by Gasteiger charge is 2.27. The number of ether oxygens (including phenoxy) is 3. The molecule has 0 spiro atoms. The van der Waals surface area contributed by atoms with Gasteiger partial charge in [-0.05, 0) is 44.2 Å². The number of hydrogen-bond donors (Lipinski definition) is 0. The van der Waals surface area contributed by atoms with Crippen molar-refractivity contribution in [3.05, 3.63) is 53.6 Å². The second-order valence-corrected chi connectivity index (χ2v) is 8.41. The minimum absolute atomic E-state index is 0.0853. The lowest BCUT2D eigenvalue weighted by Crippen LogP contribution is -2.31. The molecular formula is C25H27N3O4S. The number of hydrogen-bond acceptors (Lipinski definition) is 7. The molecular weight excluding hydrogens is 438 g/mol. The highest BCUT2D eigenvalue weighted by atomic mass is 32.2. The molecule has 0 saturated carbocycles. The Balaban J connectivity index is 1.73. The molecule has 0 atom stereocenters. The maximum Gasteiger partial charge on any atom is 0.232 e. The van der Waals surface area contributed by atoms with Crippen LogP contribution >= 0.6 is 11.8 Å². The molecule has 1 aliphatic heterocycles. The van der Waals surface area contributed by atoms with Gasteiger partial charge in [0.15, 0.2) is 17.3 Å². The predicted octanol–water partition coefficient (Wildman–Crippen LogP) is 4.82. The van der Waals surface area contributed by atoms with E-state index in [1.54, 1.807) is 14.2 Å². The van der Waals surface area contributed by atoms with Crippen molar-refractivity contribution >= 4 is 17.7 Å². The quantitative estimate of drug-likeness (QED) is 0.273. The molecule has 0 bridgehead atoms. The Hall–Kier alpha value is -3.26. The van der Waals surface area contributed by atoms with Gasteiger partial charge in [-0.15, -0.1) is 0 Å². The summed E-state index contributed by atoms with van der Waals surface area (Å²) in [6.45, 7) is 5.34. The number of benzene rings is 2. The van der Waals surface area contributed by atoms with Crippen LogP contribution in [0.25, 0.3) is 11.4 Å². The van der Waals surface area contributed by atoms with Crippen LogP contribution in [-0.2, 0) is 11.2 Å². The number of aromatic nitrogens is 2. The molecule has 0 N–H and O–H groups in total. The zero-order valence-corrected chi connectivity index (χ0v) is 20.1. The first-order valence-electron chi connectivity index (χ1n) is 10.9. The molecule has 33 heavy (non-hydrogen) atoms. The number of methoxy groups -OCH3 is 2. The Morgan fingerprint density at radius 3 is 2.48 bits per heavy atom. The van der Waals surface area contributed by atoms with Gasteiger partial charge in [-0.1, -0.05) is 23.9 Å². The Morgan fingerprint density at radius 1 is 1.06 bits per heavy atom. The van der Waals surface area contributed by atoms with E-state index in [2.05, 4.69) is 0 Å². The van der Waals surface area contributed by atoms with Gasteiger partial charge in [-0.25, -0.2) is 4.98 Å². The smallest absolute Gasteiger partial charge is 0.232 e. The molecule has 0 aliphatic carbocycles. The van der Waals surface area contributed by atoms with E-state index in [4.69, 9.17) is 24.2 Å². The number of carbonyl (C=O) groups is 1. The summed E-state index contributed by atoms with van der Waals surface area (Å²) in [6.07, 6.45) is 0.604. The van der Waals surface area contributed by atoms with Crippen molar-refractivity contribution in [2.24, 2.45) is 0 Å². The van der Waals surface area contributed by atoms with Gasteiger partial charge in [0.05, 0.1) is 25.5 Å². The first kappa shape index (κ1) is 22.9. The average Bonchev–Trinajstić information content (AvgIpc) is 2.86. The molecule has 1 amide bonds. The summed E-state index contributed by atoms with van der Waals surface area (Å²) in [5, 5.41) is 0.750. The third kappa shape index (κ3) is 4.75. The Kier molecular flexibility index (Phi) is 7.03. The lowest BCUT2D eigenvalue weighted by Gasteiger charge is -2.23. The van der Waals surface area contributed by atoms with Gasteiger partial charge in [0.2, 0.25) is 11.8 Å². The maximum atomic E-state index is 12.7. The maximum absolute atomic E-state index is 12.7. The fourth-order valence-corrected chi connectivity index (χ4v) is 4.66. The second kappa shape index (κ2) is 10.1. The molecule has 3 aromatic rings. The van der Waals surface area contributed by atoms with Crippen molar-refractivity contribution in [1.82, 2.24) is 14.9 Å². The topological polar surface area (TPSA) is 73.8 Å². The van der Waals surface area contributed by atoms with E-state index >= 15 is 0 Å². The standard InChI is InChI=1S/C25H27N3O4S/c1-5-28(6-2)21(29)15-33-25-19-14-17-8-7-9-20(31-4)22(17)32-24(19)26-23(27-25)16-10-12-18(30-3)13-11-16/h7-13H,5-6,14-15H2,1-4H3. The van der Waals surface area contributed by atoms with Gasteiger partial charge in [0.25, 0.3) is 0 Å². The largest absolute Gasteiger partial charge is 0.497 e. The summed E-state index contributed by atoms with van der Waals surface area (Å²) >= 11 is 1.43. The van der Waals surface area contributed by atoms with E-state index in [-0.39, 0.29) is 5.91 Å². The van der Waals surface area contributed by atoms with E-state index < -0.39 is 0 Å². The number of thioether (sulfide) groups is 1. The Morgan fingerprint density at radius 2 is 1.82 bits per heavy atom. The first-order valence-corrected chi connectivity index (χ1v) is 11.9. The normalized spacial score (nSPS) is 11.8. The summed E-state index contributed by atoms with van der Waals surface area (Å²) in [6, 6.07) is 13.4. The Labute approximate surface area is 198 Å². The van der Waals surface area contributed by atoms with Crippen LogP contribution in [0, 0.1) is 0 Å². The van der Waals surface area contributed by atoms with Crippen LogP contribution in [0.2, 0.25) is 0 Å². The first-order chi connectivity index (χ1) is 16.1. The molecule has 1 aliphatic rings. The summed E-state index contributed by atoms with van der Waals surface area (Å²) in [5.74, 6) is 3.50.